The summed E-state index contributed by atoms with van der Waals surface area (Å²) >= 11 is 1.88. The molecule has 50 valence electrons. The molecular weight excluding hydrogens is 120 g/mol. The fourth-order valence-corrected chi connectivity index (χ4v) is 1.19. The molecule has 0 aromatic heterocycles. The molecule has 0 radical (unpaired) electrons. The SMILES string of the molecule is CCSCC[C@@H](C)O. The molecule has 0 rings (SSSR count). The zero-order valence-corrected chi connectivity index (χ0v) is 6.37. The van der Waals surface area contributed by atoms with Crippen molar-refractivity contribution >= 4 is 11.8 Å². The molecule has 8 heavy (non-hydrogen) atoms. The van der Waals surface area contributed by atoms with Crippen LogP contribution in [0.2, 0.25) is 0 Å². The van der Waals surface area contributed by atoms with E-state index in [1.807, 2.05) is 18.7 Å². The van der Waals surface area contributed by atoms with Gasteiger partial charge in [0.2, 0.25) is 0 Å². The van der Waals surface area contributed by atoms with E-state index in [-0.39, 0.29) is 6.10 Å². The predicted octanol–water partition coefficient (Wildman–Crippen LogP) is 1.51. The van der Waals surface area contributed by atoms with Crippen LogP contribution >= 0.6 is 11.8 Å². The summed E-state index contributed by atoms with van der Waals surface area (Å²) in [5.41, 5.74) is 0. The van der Waals surface area contributed by atoms with Crippen molar-refractivity contribution in [1.82, 2.24) is 0 Å². The molecule has 1 N–H and O–H groups in total. The molecule has 1 nitrogen and oxygen atoms in total. The van der Waals surface area contributed by atoms with Crippen LogP contribution in [-0.2, 0) is 0 Å². The number of hydrogen-bond donors (Lipinski definition) is 1. The monoisotopic (exact) mass is 134 g/mol. The molecule has 2 heteroatoms. The second-order valence-electron chi connectivity index (χ2n) is 1.83. The van der Waals surface area contributed by atoms with Gasteiger partial charge >= 0.3 is 0 Å². The van der Waals surface area contributed by atoms with Crippen molar-refractivity contribution in [2.45, 2.75) is 26.4 Å². The average Bonchev–Trinajstić information content (AvgIpc) is 1.66. The second kappa shape index (κ2) is 5.45. The second-order valence-corrected chi connectivity index (χ2v) is 3.23. The summed E-state index contributed by atoms with van der Waals surface area (Å²) in [6.07, 6.45) is 0.812. The maximum Gasteiger partial charge on any atom is 0.0520 e. The lowest BCUT2D eigenvalue weighted by atomic mass is 10.3. The van der Waals surface area contributed by atoms with Gasteiger partial charge in [-0.2, -0.15) is 11.8 Å². The van der Waals surface area contributed by atoms with E-state index >= 15 is 0 Å². The van der Waals surface area contributed by atoms with Crippen molar-refractivity contribution in [2.75, 3.05) is 11.5 Å². The van der Waals surface area contributed by atoms with Gasteiger partial charge in [-0.05, 0) is 24.9 Å². The van der Waals surface area contributed by atoms with Gasteiger partial charge < -0.3 is 5.11 Å². The number of hydrogen-bond acceptors (Lipinski definition) is 2. The van der Waals surface area contributed by atoms with Crippen molar-refractivity contribution in [3.8, 4) is 0 Å². The van der Waals surface area contributed by atoms with Gasteiger partial charge in [0.25, 0.3) is 0 Å². The summed E-state index contributed by atoms with van der Waals surface area (Å²) in [4.78, 5) is 0. The highest BCUT2D eigenvalue weighted by Gasteiger charge is 1.92. The first kappa shape index (κ1) is 8.31. The van der Waals surface area contributed by atoms with Gasteiger partial charge in [0.15, 0.2) is 0 Å². The van der Waals surface area contributed by atoms with E-state index in [9.17, 15) is 0 Å². The molecule has 0 fully saturated rings. The van der Waals surface area contributed by atoms with Gasteiger partial charge in [-0.15, -0.1) is 0 Å². The minimum Gasteiger partial charge on any atom is -0.393 e. The molecular formula is C6H14OS. The van der Waals surface area contributed by atoms with E-state index in [1.165, 1.54) is 0 Å². The maximum atomic E-state index is 8.77. The Bertz CT molecular complexity index is 45.8. The molecule has 0 bridgehead atoms. The summed E-state index contributed by atoms with van der Waals surface area (Å²) in [5.74, 6) is 2.25. The number of aliphatic hydroxyl groups is 1. The van der Waals surface area contributed by atoms with Gasteiger partial charge in [-0.1, -0.05) is 6.92 Å². The molecule has 0 saturated heterocycles. The summed E-state index contributed by atoms with van der Waals surface area (Å²) in [7, 11) is 0. The highest BCUT2D eigenvalue weighted by Crippen LogP contribution is 2.02. The molecule has 0 aliphatic rings. The fourth-order valence-electron chi connectivity index (χ4n) is 0.398. The van der Waals surface area contributed by atoms with Crippen LogP contribution < -0.4 is 0 Å². The molecule has 1 atom stereocenters. The largest absolute Gasteiger partial charge is 0.393 e. The smallest absolute Gasteiger partial charge is 0.0520 e. The van der Waals surface area contributed by atoms with Crippen molar-refractivity contribution in [1.29, 1.82) is 0 Å². The Labute approximate surface area is 55.5 Å². The maximum absolute atomic E-state index is 8.77. The van der Waals surface area contributed by atoms with E-state index < -0.39 is 0 Å². The lowest BCUT2D eigenvalue weighted by Crippen LogP contribution is -2.00. The van der Waals surface area contributed by atoms with Crippen molar-refractivity contribution in [3.05, 3.63) is 0 Å². The highest BCUT2D eigenvalue weighted by atomic mass is 32.2. The zero-order chi connectivity index (χ0) is 6.41. The van der Waals surface area contributed by atoms with E-state index in [0.717, 1.165) is 17.9 Å². The van der Waals surface area contributed by atoms with Crippen LogP contribution in [0.4, 0.5) is 0 Å². The van der Waals surface area contributed by atoms with E-state index in [4.69, 9.17) is 5.11 Å². The highest BCUT2D eigenvalue weighted by molar-refractivity contribution is 7.99. The summed E-state index contributed by atoms with van der Waals surface area (Å²) < 4.78 is 0. The lowest BCUT2D eigenvalue weighted by molar-refractivity contribution is 0.192. The normalized spacial score (nSPS) is 13.9. The number of thioether (sulfide) groups is 1. The Hall–Kier alpha value is 0.310. The van der Waals surface area contributed by atoms with Gasteiger partial charge in [0.1, 0.15) is 0 Å². The van der Waals surface area contributed by atoms with E-state index in [1.54, 1.807) is 0 Å². The van der Waals surface area contributed by atoms with Gasteiger partial charge in [0.05, 0.1) is 6.10 Å². The Morgan fingerprint density at radius 3 is 2.62 bits per heavy atom. The van der Waals surface area contributed by atoms with Crippen LogP contribution in [0.25, 0.3) is 0 Å². The third kappa shape index (κ3) is 6.31. The first-order valence-electron chi connectivity index (χ1n) is 3.03. The Balaban J connectivity index is 2.72. The quantitative estimate of drug-likeness (QED) is 0.588. The lowest BCUT2D eigenvalue weighted by Gasteiger charge is -2.00. The topological polar surface area (TPSA) is 20.2 Å². The van der Waals surface area contributed by atoms with E-state index in [2.05, 4.69) is 6.92 Å². The number of rotatable bonds is 4. The summed E-state index contributed by atoms with van der Waals surface area (Å²) in [5, 5.41) is 8.77. The van der Waals surface area contributed by atoms with E-state index in [0.29, 0.717) is 0 Å². The third-order valence-corrected chi connectivity index (χ3v) is 1.82. The first-order valence-corrected chi connectivity index (χ1v) is 4.18. The van der Waals surface area contributed by atoms with Crippen LogP contribution in [0.5, 0.6) is 0 Å². The molecule has 0 unspecified atom stereocenters. The third-order valence-electron chi connectivity index (χ3n) is 0.884. The Morgan fingerprint density at radius 2 is 2.25 bits per heavy atom. The minimum absolute atomic E-state index is 0.117. The fraction of sp³-hybridized carbons (Fsp3) is 1.00. The van der Waals surface area contributed by atoms with Crippen LogP contribution in [-0.4, -0.2) is 22.7 Å². The van der Waals surface area contributed by atoms with Crippen molar-refractivity contribution in [2.24, 2.45) is 0 Å². The average molecular weight is 134 g/mol. The molecule has 0 aromatic rings. The standard InChI is InChI=1S/C6H14OS/c1-3-8-5-4-6(2)7/h6-7H,3-5H2,1-2H3/t6-/m1/s1. The summed E-state index contributed by atoms with van der Waals surface area (Å²) in [6, 6.07) is 0. The Kier molecular flexibility index (Phi) is 5.66. The van der Waals surface area contributed by atoms with Crippen molar-refractivity contribution < 1.29 is 5.11 Å². The van der Waals surface area contributed by atoms with Crippen molar-refractivity contribution in [3.63, 3.8) is 0 Å². The molecule has 0 aliphatic heterocycles. The van der Waals surface area contributed by atoms with Gasteiger partial charge in [0, 0.05) is 0 Å². The van der Waals surface area contributed by atoms with Crippen LogP contribution in [0.15, 0.2) is 0 Å². The summed E-state index contributed by atoms with van der Waals surface area (Å²) in [6.45, 7) is 3.96. The van der Waals surface area contributed by atoms with Gasteiger partial charge in [-0.25, -0.2) is 0 Å². The minimum atomic E-state index is -0.117. The molecule has 0 spiro atoms. The van der Waals surface area contributed by atoms with Crippen LogP contribution in [0.3, 0.4) is 0 Å². The first-order chi connectivity index (χ1) is 3.77. The molecule has 0 amide bonds. The molecule has 0 heterocycles. The predicted molar refractivity (Wildman–Crippen MR) is 39.3 cm³/mol. The molecule has 0 saturated carbocycles. The molecule has 0 aliphatic carbocycles. The zero-order valence-electron chi connectivity index (χ0n) is 5.55. The number of aliphatic hydroxyl groups excluding tert-OH is 1. The van der Waals surface area contributed by atoms with Crippen LogP contribution in [0.1, 0.15) is 20.3 Å². The molecule has 0 aromatic carbocycles. The van der Waals surface area contributed by atoms with Gasteiger partial charge in [-0.3, -0.25) is 0 Å². The Morgan fingerprint density at radius 1 is 1.62 bits per heavy atom. The van der Waals surface area contributed by atoms with Crippen LogP contribution in [0, 0.1) is 0 Å².